The van der Waals surface area contributed by atoms with Crippen molar-refractivity contribution in [1.82, 2.24) is 0 Å². The second-order valence-corrected chi connectivity index (χ2v) is 13.1. The van der Waals surface area contributed by atoms with Crippen molar-refractivity contribution in [3.8, 4) is 22.3 Å². The molecule has 0 spiro atoms. The van der Waals surface area contributed by atoms with Crippen LogP contribution in [0.1, 0.15) is 44.9 Å². The molecule has 0 nitrogen and oxygen atoms in total. The van der Waals surface area contributed by atoms with Crippen LogP contribution >= 0.6 is 15.9 Å². The summed E-state index contributed by atoms with van der Waals surface area (Å²) in [4.78, 5) is 0. The van der Waals surface area contributed by atoms with Crippen molar-refractivity contribution in [2.24, 2.45) is 0 Å². The zero-order valence-corrected chi connectivity index (χ0v) is 27.1. The molecule has 7 aromatic carbocycles. The maximum atomic E-state index is 3.66. The molecule has 0 saturated heterocycles. The number of fused-ring (bicyclic) bond motifs is 3. The van der Waals surface area contributed by atoms with Gasteiger partial charge in [-0.15, -0.1) is 0 Å². The molecule has 220 valence electrons. The van der Waals surface area contributed by atoms with Gasteiger partial charge < -0.3 is 0 Å². The van der Waals surface area contributed by atoms with Crippen molar-refractivity contribution in [3.05, 3.63) is 225 Å². The highest BCUT2D eigenvalue weighted by Crippen LogP contribution is 2.56. The van der Waals surface area contributed by atoms with Crippen LogP contribution in [0.15, 0.2) is 186 Å². The van der Waals surface area contributed by atoms with Gasteiger partial charge in [-0.05, 0) is 79.8 Å². The fraction of sp³-hybridized carbons (Fsp3) is 0.0667. The van der Waals surface area contributed by atoms with Crippen LogP contribution in [0.2, 0.25) is 0 Å². The van der Waals surface area contributed by atoms with Gasteiger partial charge in [-0.1, -0.05) is 186 Å². The minimum Gasteiger partial charge on any atom is -0.0622 e. The van der Waals surface area contributed by atoms with E-state index in [2.05, 4.69) is 198 Å². The molecule has 46 heavy (non-hydrogen) atoms. The number of hydrogen-bond donors (Lipinski definition) is 0. The summed E-state index contributed by atoms with van der Waals surface area (Å²) in [5.41, 5.74) is 14.0. The van der Waals surface area contributed by atoms with Crippen LogP contribution in [0, 0.1) is 0 Å². The zero-order chi connectivity index (χ0) is 30.9. The van der Waals surface area contributed by atoms with E-state index >= 15 is 0 Å². The van der Waals surface area contributed by atoms with Crippen LogP contribution in [0.3, 0.4) is 0 Å². The standard InChI is InChI=1S/C45H33Br/c46-39-27-25-36(26-28-39)42(35-23-21-34(22-24-35)33-12-4-1-5-13-33)30-32-20-29-41-40-18-10-11-19-43(40)45(44(41)31-32,37-14-6-2-7-15-37)38-16-8-3-9-17-38/h1-29,31,42H,30H2. The average molecular weight is 654 g/mol. The first kappa shape index (κ1) is 28.5. The first-order chi connectivity index (χ1) is 22.7. The Hall–Kier alpha value is -4.98. The molecule has 1 aliphatic carbocycles. The van der Waals surface area contributed by atoms with Gasteiger partial charge in [0, 0.05) is 10.4 Å². The minimum absolute atomic E-state index is 0.211. The van der Waals surface area contributed by atoms with Crippen LogP contribution in [-0.2, 0) is 11.8 Å². The predicted molar refractivity (Wildman–Crippen MR) is 195 cm³/mol. The Kier molecular flexibility index (Phi) is 7.48. The van der Waals surface area contributed by atoms with E-state index in [0.29, 0.717) is 0 Å². The quantitative estimate of drug-likeness (QED) is 0.161. The van der Waals surface area contributed by atoms with E-state index in [1.54, 1.807) is 0 Å². The second-order valence-electron chi connectivity index (χ2n) is 12.2. The molecule has 1 atom stereocenters. The molecule has 0 fully saturated rings. The third-order valence-corrected chi connectivity index (χ3v) is 10.2. The largest absolute Gasteiger partial charge is 0.0713 e. The SMILES string of the molecule is Brc1ccc(C(Cc2ccc3c(c2)C(c2ccccc2)(c2ccccc2)c2ccccc2-3)c2ccc(-c3ccccc3)cc2)cc1. The van der Waals surface area contributed by atoms with Crippen LogP contribution in [0.25, 0.3) is 22.3 Å². The third-order valence-electron chi connectivity index (χ3n) is 9.66. The molecular formula is C45H33Br. The van der Waals surface area contributed by atoms with E-state index in [1.165, 1.54) is 61.2 Å². The van der Waals surface area contributed by atoms with Gasteiger partial charge in [0.2, 0.25) is 0 Å². The third kappa shape index (κ3) is 4.92. The van der Waals surface area contributed by atoms with Crippen molar-refractivity contribution >= 4 is 15.9 Å². The molecule has 7 aromatic rings. The van der Waals surface area contributed by atoms with Crippen molar-refractivity contribution in [2.45, 2.75) is 17.8 Å². The van der Waals surface area contributed by atoms with Gasteiger partial charge in [0.05, 0.1) is 5.41 Å². The Balaban J connectivity index is 1.27. The van der Waals surface area contributed by atoms with Crippen molar-refractivity contribution < 1.29 is 0 Å². The number of rotatable bonds is 7. The molecule has 0 heterocycles. The summed E-state index contributed by atoms with van der Waals surface area (Å²) >= 11 is 3.66. The number of benzene rings is 7. The van der Waals surface area contributed by atoms with Gasteiger partial charge in [-0.2, -0.15) is 0 Å². The molecule has 0 amide bonds. The van der Waals surface area contributed by atoms with Crippen LogP contribution < -0.4 is 0 Å². The average Bonchev–Trinajstić information content (AvgIpc) is 3.43. The van der Waals surface area contributed by atoms with Crippen LogP contribution in [0.4, 0.5) is 0 Å². The second kappa shape index (κ2) is 12.1. The highest BCUT2D eigenvalue weighted by molar-refractivity contribution is 9.10. The van der Waals surface area contributed by atoms with Gasteiger partial charge in [0.1, 0.15) is 0 Å². The van der Waals surface area contributed by atoms with Gasteiger partial charge in [0.15, 0.2) is 0 Å². The molecule has 0 aliphatic heterocycles. The number of hydrogen-bond acceptors (Lipinski definition) is 0. The molecule has 0 N–H and O–H groups in total. The Morgan fingerprint density at radius 3 is 1.57 bits per heavy atom. The lowest BCUT2D eigenvalue weighted by molar-refractivity contribution is 0.759. The summed E-state index contributed by atoms with van der Waals surface area (Å²) < 4.78 is 1.10. The highest BCUT2D eigenvalue weighted by Gasteiger charge is 2.46. The summed E-state index contributed by atoms with van der Waals surface area (Å²) in [6.07, 6.45) is 0.898. The molecule has 0 radical (unpaired) electrons. The molecule has 0 saturated carbocycles. The molecule has 0 aromatic heterocycles. The highest BCUT2D eigenvalue weighted by atomic mass is 79.9. The lowest BCUT2D eigenvalue weighted by Crippen LogP contribution is -2.28. The smallest absolute Gasteiger partial charge is 0.0622 e. The molecular weight excluding hydrogens is 620 g/mol. The molecule has 1 aliphatic rings. The number of halogens is 1. The van der Waals surface area contributed by atoms with Gasteiger partial charge in [-0.3, -0.25) is 0 Å². The fourth-order valence-electron chi connectivity index (χ4n) is 7.52. The van der Waals surface area contributed by atoms with Crippen LogP contribution in [0.5, 0.6) is 0 Å². The molecule has 1 unspecified atom stereocenters. The van der Waals surface area contributed by atoms with E-state index in [0.717, 1.165) is 10.9 Å². The lowest BCUT2D eigenvalue weighted by atomic mass is 9.67. The summed E-state index contributed by atoms with van der Waals surface area (Å²) in [5, 5.41) is 0. The monoisotopic (exact) mass is 652 g/mol. The Morgan fingerprint density at radius 1 is 0.435 bits per heavy atom. The lowest BCUT2D eigenvalue weighted by Gasteiger charge is -2.34. The molecule has 0 bridgehead atoms. The van der Waals surface area contributed by atoms with E-state index < -0.39 is 5.41 Å². The van der Waals surface area contributed by atoms with Gasteiger partial charge >= 0.3 is 0 Å². The Labute approximate surface area is 280 Å². The maximum absolute atomic E-state index is 3.66. The predicted octanol–water partition coefficient (Wildman–Crippen LogP) is 11.9. The topological polar surface area (TPSA) is 0 Å². The zero-order valence-electron chi connectivity index (χ0n) is 25.5. The van der Waals surface area contributed by atoms with Crippen molar-refractivity contribution in [3.63, 3.8) is 0 Å². The fourth-order valence-corrected chi connectivity index (χ4v) is 7.78. The molecule has 1 heteroatoms. The van der Waals surface area contributed by atoms with E-state index in [1.807, 2.05) is 0 Å². The van der Waals surface area contributed by atoms with E-state index in [-0.39, 0.29) is 5.92 Å². The van der Waals surface area contributed by atoms with Crippen molar-refractivity contribution in [2.75, 3.05) is 0 Å². The summed E-state index contributed by atoms with van der Waals surface area (Å²) in [6.45, 7) is 0. The summed E-state index contributed by atoms with van der Waals surface area (Å²) in [5.74, 6) is 0.211. The Bertz CT molecular complexity index is 2060. The van der Waals surface area contributed by atoms with E-state index in [4.69, 9.17) is 0 Å². The van der Waals surface area contributed by atoms with Crippen LogP contribution in [-0.4, -0.2) is 0 Å². The first-order valence-electron chi connectivity index (χ1n) is 16.0. The van der Waals surface area contributed by atoms with E-state index in [9.17, 15) is 0 Å². The maximum Gasteiger partial charge on any atom is 0.0713 e. The normalized spacial score (nSPS) is 13.5. The summed E-state index contributed by atoms with van der Waals surface area (Å²) in [6, 6.07) is 67.0. The minimum atomic E-state index is -0.394. The van der Waals surface area contributed by atoms with Gasteiger partial charge in [0.25, 0.3) is 0 Å². The summed E-state index contributed by atoms with van der Waals surface area (Å²) in [7, 11) is 0. The Morgan fingerprint density at radius 2 is 0.935 bits per heavy atom. The van der Waals surface area contributed by atoms with Crippen molar-refractivity contribution in [1.29, 1.82) is 0 Å². The first-order valence-corrected chi connectivity index (χ1v) is 16.8. The molecule has 8 rings (SSSR count). The van der Waals surface area contributed by atoms with Gasteiger partial charge in [-0.25, -0.2) is 0 Å².